The predicted molar refractivity (Wildman–Crippen MR) is 92.0 cm³/mol. The second kappa shape index (κ2) is 5.95. The van der Waals surface area contributed by atoms with Gasteiger partial charge in [-0.25, -0.2) is 9.67 Å². The highest BCUT2D eigenvalue weighted by molar-refractivity contribution is 8.02. The van der Waals surface area contributed by atoms with Crippen molar-refractivity contribution in [1.29, 1.82) is 0 Å². The third-order valence-electron chi connectivity index (χ3n) is 4.24. The number of rotatable bonds is 3. The highest BCUT2D eigenvalue weighted by Crippen LogP contribution is 2.47. The lowest BCUT2D eigenvalue weighted by atomic mass is 10.2. The largest absolute Gasteiger partial charge is 0.436 e. The van der Waals surface area contributed by atoms with Gasteiger partial charge in [-0.1, -0.05) is 11.6 Å². The average molecular weight is 387 g/mol. The number of thioether (sulfide) groups is 1. The first-order valence-electron chi connectivity index (χ1n) is 7.74. The zero-order valence-electron chi connectivity index (χ0n) is 13.2. The van der Waals surface area contributed by atoms with Crippen LogP contribution in [-0.2, 0) is 6.18 Å². The summed E-state index contributed by atoms with van der Waals surface area (Å²) < 4.78 is 40.7. The Kier molecular flexibility index (Phi) is 3.99. The summed E-state index contributed by atoms with van der Waals surface area (Å²) in [5.74, 6) is 1.15. The number of anilines is 1. The van der Waals surface area contributed by atoms with Gasteiger partial charge in [-0.2, -0.15) is 18.3 Å². The molecule has 9 heteroatoms. The molecule has 2 aromatic heterocycles. The van der Waals surface area contributed by atoms with E-state index in [4.69, 9.17) is 11.6 Å². The Bertz CT molecular complexity index is 840. The monoisotopic (exact) mass is 386 g/mol. The number of hydrogen-bond donors (Lipinski definition) is 0. The molecule has 1 aliphatic carbocycles. The number of alkyl halides is 3. The summed E-state index contributed by atoms with van der Waals surface area (Å²) in [6.07, 6.45) is -1.30. The van der Waals surface area contributed by atoms with Crippen LogP contribution in [0.1, 0.15) is 37.1 Å². The molecule has 0 radical (unpaired) electrons. The van der Waals surface area contributed by atoms with Crippen LogP contribution < -0.4 is 4.90 Å². The summed E-state index contributed by atoms with van der Waals surface area (Å²) in [6, 6.07) is 3.52. The fourth-order valence-electron chi connectivity index (χ4n) is 2.82. The molecule has 0 amide bonds. The summed E-state index contributed by atoms with van der Waals surface area (Å²) in [5.41, 5.74) is 1.36. The Balaban J connectivity index is 1.73. The number of nitrogens with zero attached hydrogens (tertiary/aromatic N) is 4. The van der Waals surface area contributed by atoms with E-state index in [1.807, 2.05) is 13.0 Å². The van der Waals surface area contributed by atoms with E-state index in [1.165, 1.54) is 4.68 Å². The molecule has 0 aromatic carbocycles. The van der Waals surface area contributed by atoms with Gasteiger partial charge in [0.2, 0.25) is 0 Å². The highest BCUT2D eigenvalue weighted by atomic mass is 35.5. The maximum absolute atomic E-state index is 13.2. The standard InChI is InChI=1S/C16H14ClF3N4S/c1-9-7-25-8-23(9)11-4-5-12(21-6-11)24-14(10-2-3-10)13(17)15(22-24)16(18,19)20/h4-7,10H,2-3,8H2,1H3. The molecule has 0 N–H and O–H groups in total. The maximum atomic E-state index is 13.2. The van der Waals surface area contributed by atoms with Crippen molar-refractivity contribution in [2.24, 2.45) is 0 Å². The van der Waals surface area contributed by atoms with Crippen LogP contribution in [0.4, 0.5) is 18.9 Å². The van der Waals surface area contributed by atoms with Crippen LogP contribution in [0.15, 0.2) is 29.4 Å². The maximum Gasteiger partial charge on any atom is 0.436 e. The fourth-order valence-corrected chi connectivity index (χ4v) is 4.14. The van der Waals surface area contributed by atoms with Crippen molar-refractivity contribution in [3.63, 3.8) is 0 Å². The van der Waals surface area contributed by atoms with Crippen molar-refractivity contribution in [3.8, 4) is 5.82 Å². The molecule has 1 aliphatic heterocycles. The fraction of sp³-hybridized carbons (Fsp3) is 0.375. The van der Waals surface area contributed by atoms with E-state index in [2.05, 4.69) is 20.4 Å². The van der Waals surface area contributed by atoms with Gasteiger partial charge >= 0.3 is 6.18 Å². The number of pyridine rings is 1. The highest BCUT2D eigenvalue weighted by Gasteiger charge is 2.42. The normalized spacial score (nSPS) is 18.0. The molecular weight excluding hydrogens is 373 g/mol. The molecule has 1 fully saturated rings. The van der Waals surface area contributed by atoms with Gasteiger partial charge in [0.25, 0.3) is 0 Å². The molecule has 0 bridgehead atoms. The lowest BCUT2D eigenvalue weighted by Crippen LogP contribution is -2.16. The quantitative estimate of drug-likeness (QED) is 0.727. The van der Waals surface area contributed by atoms with Crippen molar-refractivity contribution < 1.29 is 13.2 Å². The van der Waals surface area contributed by atoms with Crippen LogP contribution >= 0.6 is 23.4 Å². The lowest BCUT2D eigenvalue weighted by Gasteiger charge is -2.19. The van der Waals surface area contributed by atoms with Crippen LogP contribution in [-0.4, -0.2) is 20.6 Å². The summed E-state index contributed by atoms with van der Waals surface area (Å²) in [4.78, 5) is 6.42. The predicted octanol–water partition coefficient (Wildman–Crippen LogP) is 5.19. The lowest BCUT2D eigenvalue weighted by molar-refractivity contribution is -0.141. The second-order valence-corrected chi connectivity index (χ2v) is 7.29. The molecule has 4 nitrogen and oxygen atoms in total. The van der Waals surface area contributed by atoms with Crippen LogP contribution in [0.2, 0.25) is 5.02 Å². The van der Waals surface area contributed by atoms with Crippen molar-refractivity contribution in [2.75, 3.05) is 10.8 Å². The molecule has 0 unspecified atom stereocenters. The topological polar surface area (TPSA) is 34.0 Å². The van der Waals surface area contributed by atoms with Gasteiger partial charge in [-0.05, 0) is 37.3 Å². The van der Waals surface area contributed by atoms with Gasteiger partial charge in [-0.3, -0.25) is 0 Å². The molecule has 2 aliphatic rings. The molecule has 0 spiro atoms. The molecule has 0 atom stereocenters. The third-order valence-corrected chi connectivity index (χ3v) is 5.53. The molecule has 1 saturated carbocycles. The first-order chi connectivity index (χ1) is 11.9. The van der Waals surface area contributed by atoms with E-state index in [-0.39, 0.29) is 10.9 Å². The zero-order chi connectivity index (χ0) is 17.8. The van der Waals surface area contributed by atoms with Crippen molar-refractivity contribution >= 4 is 29.1 Å². The molecule has 0 saturated heterocycles. The summed E-state index contributed by atoms with van der Waals surface area (Å²) >= 11 is 7.69. The molecule has 25 heavy (non-hydrogen) atoms. The average Bonchev–Trinajstić information content (AvgIpc) is 3.20. The van der Waals surface area contributed by atoms with E-state index in [9.17, 15) is 13.2 Å². The summed E-state index contributed by atoms with van der Waals surface area (Å²) in [7, 11) is 0. The Hall–Kier alpha value is -1.67. The number of halogens is 4. The number of aromatic nitrogens is 3. The Morgan fingerprint density at radius 1 is 1.28 bits per heavy atom. The molecular formula is C16H14ClF3N4S. The zero-order valence-corrected chi connectivity index (χ0v) is 14.8. The van der Waals surface area contributed by atoms with Gasteiger partial charge in [-0.15, -0.1) is 11.8 Å². The van der Waals surface area contributed by atoms with Gasteiger partial charge < -0.3 is 4.90 Å². The molecule has 132 valence electrons. The number of allylic oxidation sites excluding steroid dienone is 1. The van der Waals surface area contributed by atoms with Crippen molar-refractivity contribution in [1.82, 2.24) is 14.8 Å². The van der Waals surface area contributed by atoms with E-state index in [0.29, 0.717) is 11.5 Å². The van der Waals surface area contributed by atoms with Crippen LogP contribution in [0.25, 0.3) is 5.82 Å². The van der Waals surface area contributed by atoms with E-state index >= 15 is 0 Å². The van der Waals surface area contributed by atoms with E-state index in [0.717, 1.165) is 30.1 Å². The van der Waals surface area contributed by atoms with Gasteiger partial charge in [0.05, 0.1) is 28.5 Å². The second-order valence-electron chi connectivity index (χ2n) is 6.09. The minimum absolute atomic E-state index is 0.0118. The first kappa shape index (κ1) is 16.8. The SMILES string of the molecule is CC1=CSCN1c1ccc(-n2nc(C(F)(F)F)c(Cl)c2C2CC2)nc1. The van der Waals surface area contributed by atoms with Crippen LogP contribution in [0.5, 0.6) is 0 Å². The molecule has 4 rings (SSSR count). The van der Waals surface area contributed by atoms with Gasteiger partial charge in [0, 0.05) is 11.6 Å². The minimum atomic E-state index is -4.58. The van der Waals surface area contributed by atoms with Gasteiger partial charge in [0.15, 0.2) is 11.5 Å². The van der Waals surface area contributed by atoms with Crippen LogP contribution in [0, 0.1) is 0 Å². The summed E-state index contributed by atoms with van der Waals surface area (Å²) in [5, 5.41) is 5.47. The molecule has 3 heterocycles. The smallest absolute Gasteiger partial charge is 0.334 e. The van der Waals surface area contributed by atoms with E-state index in [1.54, 1.807) is 24.0 Å². The minimum Gasteiger partial charge on any atom is -0.334 e. The Morgan fingerprint density at radius 2 is 2.04 bits per heavy atom. The third kappa shape index (κ3) is 3.01. The first-order valence-corrected chi connectivity index (χ1v) is 9.17. The Labute approximate surface area is 151 Å². The number of hydrogen-bond acceptors (Lipinski definition) is 4. The van der Waals surface area contributed by atoms with Crippen LogP contribution in [0.3, 0.4) is 0 Å². The Morgan fingerprint density at radius 3 is 2.56 bits per heavy atom. The van der Waals surface area contributed by atoms with Gasteiger partial charge in [0.1, 0.15) is 0 Å². The molecule has 2 aromatic rings. The van der Waals surface area contributed by atoms with E-state index < -0.39 is 11.9 Å². The van der Waals surface area contributed by atoms with Crippen molar-refractivity contribution in [2.45, 2.75) is 31.9 Å². The summed E-state index contributed by atoms with van der Waals surface area (Å²) in [6.45, 7) is 2.00. The van der Waals surface area contributed by atoms with Crippen molar-refractivity contribution in [3.05, 3.63) is 45.8 Å².